The summed E-state index contributed by atoms with van der Waals surface area (Å²) in [5, 5.41) is 8.16. The Morgan fingerprint density at radius 2 is 1.56 bits per heavy atom. The fourth-order valence-corrected chi connectivity index (χ4v) is 8.73. The van der Waals surface area contributed by atoms with Crippen LogP contribution in [0.3, 0.4) is 0 Å². The number of alkyl carbamates (subject to hydrolysis) is 2. The topological polar surface area (TPSA) is 193 Å². The second-order valence-electron chi connectivity index (χ2n) is 16.4. The highest BCUT2D eigenvalue weighted by atomic mass is 16.5. The lowest BCUT2D eigenvalue weighted by Crippen LogP contribution is -2.52. The van der Waals surface area contributed by atoms with Gasteiger partial charge in [-0.15, -0.1) is 0 Å². The number of aryl methyl sites for hydroxylation is 1. The molecule has 2 aromatic carbocycles. The Kier molecular flexibility index (Phi) is 12.6. The number of likely N-dealkylation sites (tertiary alicyclic amines) is 1. The second-order valence-corrected chi connectivity index (χ2v) is 16.4. The van der Waals surface area contributed by atoms with E-state index >= 15 is 0 Å². The van der Waals surface area contributed by atoms with Gasteiger partial charge in [-0.1, -0.05) is 45.2 Å². The molecule has 7 rings (SSSR count). The van der Waals surface area contributed by atoms with E-state index in [9.17, 15) is 19.2 Å². The zero-order chi connectivity index (χ0) is 41.7. The van der Waals surface area contributed by atoms with Crippen molar-refractivity contribution in [2.75, 3.05) is 27.3 Å². The standard InChI is InChI=1S/C44H56N8O7/c1-26(48-42(55)57-4)40(53)45-20-10-9-15-37-46-24-32(49-37)29-16-18-30-36(23-29)59-35-19-17-28(22-31(35)44(30,2)3)33-25-47-39(50-33)34-14-11-21-52(34)41(54)38(51-43(56)58-5)27-12-7-6-8-13-27/h16-19,22-27,34,38H,6-15,20-21H2,1-5H3,(H,45,53)(H,46,49)(H,47,50)(H,48,55)(H,51,56)/t26-,34-,38-/m0/s1. The van der Waals surface area contributed by atoms with E-state index in [2.05, 4.69) is 73.8 Å². The molecular formula is C44H56N8O7. The number of fused-ring (bicyclic) bond motifs is 2. The summed E-state index contributed by atoms with van der Waals surface area (Å²) >= 11 is 0. The van der Waals surface area contributed by atoms with Gasteiger partial charge in [-0.05, 0) is 75.6 Å². The number of aromatic nitrogens is 4. The van der Waals surface area contributed by atoms with Crippen molar-refractivity contribution in [2.45, 2.75) is 109 Å². The molecule has 4 aromatic rings. The number of amides is 4. The van der Waals surface area contributed by atoms with Gasteiger partial charge < -0.3 is 45.0 Å². The molecule has 4 amide bonds. The minimum absolute atomic E-state index is 0.0661. The minimum atomic E-state index is -0.679. The number of carbonyl (C=O) groups is 4. The number of hydrogen-bond acceptors (Lipinski definition) is 9. The maximum Gasteiger partial charge on any atom is 0.407 e. The molecule has 0 bridgehead atoms. The molecule has 1 aliphatic carbocycles. The van der Waals surface area contributed by atoms with Gasteiger partial charge in [0.25, 0.3) is 0 Å². The third-order valence-corrected chi connectivity index (χ3v) is 12.1. The predicted molar refractivity (Wildman–Crippen MR) is 221 cm³/mol. The van der Waals surface area contributed by atoms with Crippen LogP contribution < -0.4 is 20.7 Å². The molecule has 3 atom stereocenters. The van der Waals surface area contributed by atoms with E-state index < -0.39 is 24.3 Å². The number of H-pyrrole nitrogens is 2. The van der Waals surface area contributed by atoms with Crippen molar-refractivity contribution in [2.24, 2.45) is 5.92 Å². The van der Waals surface area contributed by atoms with Gasteiger partial charge in [0.2, 0.25) is 11.8 Å². The number of unbranched alkanes of at least 4 members (excludes halogenated alkanes) is 1. The lowest BCUT2D eigenvalue weighted by molar-refractivity contribution is -0.136. The molecule has 0 unspecified atom stereocenters. The summed E-state index contributed by atoms with van der Waals surface area (Å²) in [5.41, 5.74) is 5.46. The molecule has 2 aliphatic heterocycles. The Morgan fingerprint density at radius 3 is 2.34 bits per heavy atom. The van der Waals surface area contributed by atoms with Crippen molar-refractivity contribution in [1.82, 2.24) is 40.8 Å². The molecule has 5 N–H and O–H groups in total. The van der Waals surface area contributed by atoms with Crippen LogP contribution in [0.5, 0.6) is 11.5 Å². The summed E-state index contributed by atoms with van der Waals surface area (Å²) in [6, 6.07) is 11.0. The largest absolute Gasteiger partial charge is 0.457 e. The molecule has 0 radical (unpaired) electrons. The van der Waals surface area contributed by atoms with Crippen molar-refractivity contribution in [1.29, 1.82) is 0 Å². The van der Waals surface area contributed by atoms with Crippen molar-refractivity contribution in [3.05, 3.63) is 71.6 Å². The first-order chi connectivity index (χ1) is 28.5. The third kappa shape index (κ3) is 9.08. The Morgan fingerprint density at radius 1 is 0.847 bits per heavy atom. The fourth-order valence-electron chi connectivity index (χ4n) is 8.73. The van der Waals surface area contributed by atoms with Crippen LogP contribution in [-0.2, 0) is 30.9 Å². The highest BCUT2D eigenvalue weighted by molar-refractivity contribution is 5.87. The summed E-state index contributed by atoms with van der Waals surface area (Å²) in [7, 11) is 2.59. The summed E-state index contributed by atoms with van der Waals surface area (Å²) < 4.78 is 16.0. The van der Waals surface area contributed by atoms with E-state index in [0.717, 1.165) is 121 Å². The number of aromatic amines is 2. The van der Waals surface area contributed by atoms with Crippen LogP contribution in [0.4, 0.5) is 9.59 Å². The number of ether oxygens (including phenoxy) is 3. The summed E-state index contributed by atoms with van der Waals surface area (Å²) in [6.45, 7) is 7.12. The average Bonchev–Trinajstić information content (AvgIpc) is 4.04. The van der Waals surface area contributed by atoms with Crippen LogP contribution in [0.25, 0.3) is 22.5 Å². The molecule has 1 saturated carbocycles. The molecule has 15 heteroatoms. The maximum absolute atomic E-state index is 14.1. The van der Waals surface area contributed by atoms with Crippen LogP contribution in [0.1, 0.15) is 107 Å². The minimum Gasteiger partial charge on any atom is -0.457 e. The van der Waals surface area contributed by atoms with Crippen LogP contribution in [0, 0.1) is 5.92 Å². The lowest BCUT2D eigenvalue weighted by Gasteiger charge is -2.35. The number of nitrogens with one attached hydrogen (secondary N) is 5. The molecule has 59 heavy (non-hydrogen) atoms. The highest BCUT2D eigenvalue weighted by Crippen LogP contribution is 2.49. The third-order valence-electron chi connectivity index (χ3n) is 12.1. The Bertz CT molecular complexity index is 2160. The van der Waals surface area contributed by atoms with Gasteiger partial charge in [0.05, 0.1) is 44.0 Å². The summed E-state index contributed by atoms with van der Waals surface area (Å²) in [6.07, 6.45) is 11.5. The van der Waals surface area contributed by atoms with Crippen molar-refractivity contribution in [3.63, 3.8) is 0 Å². The summed E-state index contributed by atoms with van der Waals surface area (Å²) in [5.74, 6) is 2.94. The number of nitrogens with zero attached hydrogens (tertiary/aromatic N) is 3. The molecule has 2 fully saturated rings. The Balaban J connectivity index is 0.992. The smallest absolute Gasteiger partial charge is 0.407 e. The molecule has 314 valence electrons. The van der Waals surface area contributed by atoms with E-state index in [1.807, 2.05) is 29.4 Å². The quantitative estimate of drug-likeness (QED) is 0.0881. The van der Waals surface area contributed by atoms with Gasteiger partial charge in [0.15, 0.2) is 0 Å². The normalized spacial score (nSPS) is 18.1. The fraction of sp³-hybridized carbons (Fsp3) is 0.500. The first-order valence-electron chi connectivity index (χ1n) is 20.8. The predicted octanol–water partition coefficient (Wildman–Crippen LogP) is 7.05. The first-order valence-corrected chi connectivity index (χ1v) is 20.8. The zero-order valence-corrected chi connectivity index (χ0v) is 34.6. The van der Waals surface area contributed by atoms with Gasteiger partial charge in [0, 0.05) is 47.2 Å². The van der Waals surface area contributed by atoms with E-state index in [1.165, 1.54) is 14.2 Å². The summed E-state index contributed by atoms with van der Waals surface area (Å²) in [4.78, 5) is 68.2. The Labute approximate surface area is 344 Å². The van der Waals surface area contributed by atoms with Crippen molar-refractivity contribution < 1.29 is 33.4 Å². The van der Waals surface area contributed by atoms with Crippen LogP contribution in [0.2, 0.25) is 0 Å². The SMILES string of the molecule is COC(=O)N[C@@H](C)C(=O)NCCCCc1ncc(-c2ccc3c(c2)Oc2ccc(-c4cnc([C@@H]5CCCN5C(=O)[C@@H](NC(=O)OC)C5CCCCC5)[nH]4)cc2C3(C)C)[nH]1. The maximum atomic E-state index is 14.1. The monoisotopic (exact) mass is 808 g/mol. The molecule has 3 aliphatic rings. The van der Waals surface area contributed by atoms with E-state index in [-0.39, 0.29) is 29.2 Å². The average molecular weight is 809 g/mol. The van der Waals surface area contributed by atoms with Crippen LogP contribution >= 0.6 is 0 Å². The van der Waals surface area contributed by atoms with Crippen molar-refractivity contribution in [3.8, 4) is 34.0 Å². The zero-order valence-electron chi connectivity index (χ0n) is 34.6. The highest BCUT2D eigenvalue weighted by Gasteiger charge is 2.40. The van der Waals surface area contributed by atoms with Gasteiger partial charge in [-0.3, -0.25) is 9.59 Å². The molecule has 4 heterocycles. The number of imidazole rings is 2. The molecular weight excluding hydrogens is 753 g/mol. The number of carbonyl (C=O) groups excluding carboxylic acids is 4. The van der Waals surface area contributed by atoms with E-state index in [1.54, 1.807) is 6.92 Å². The number of hydrogen-bond donors (Lipinski definition) is 5. The molecule has 0 spiro atoms. The molecule has 2 aromatic heterocycles. The van der Waals surface area contributed by atoms with Gasteiger partial charge in [0.1, 0.15) is 35.2 Å². The van der Waals surface area contributed by atoms with Crippen molar-refractivity contribution >= 4 is 24.0 Å². The number of benzene rings is 2. The van der Waals surface area contributed by atoms with Gasteiger partial charge >= 0.3 is 12.2 Å². The van der Waals surface area contributed by atoms with Crippen LogP contribution in [-0.4, -0.2) is 88.2 Å². The second kappa shape index (κ2) is 18.0. The van der Waals surface area contributed by atoms with Gasteiger partial charge in [-0.2, -0.15) is 0 Å². The Hall–Kier alpha value is -5.86. The van der Waals surface area contributed by atoms with Gasteiger partial charge in [-0.25, -0.2) is 19.6 Å². The molecule has 15 nitrogen and oxygen atoms in total. The lowest BCUT2D eigenvalue weighted by atomic mass is 9.75. The number of methoxy groups -OCH3 is 2. The van der Waals surface area contributed by atoms with E-state index in [0.29, 0.717) is 13.1 Å². The first kappa shape index (κ1) is 41.3. The number of rotatable bonds is 13. The van der Waals surface area contributed by atoms with E-state index in [4.69, 9.17) is 14.5 Å². The molecule has 1 saturated heterocycles. The van der Waals surface area contributed by atoms with Crippen LogP contribution in [0.15, 0.2) is 48.8 Å².